The molecule has 0 bridgehead atoms. The number of esters is 1. The Bertz CT molecular complexity index is 996. The van der Waals surface area contributed by atoms with Gasteiger partial charge in [-0.05, 0) is 18.2 Å². The molecule has 4 rings (SSSR count). The van der Waals surface area contributed by atoms with Crippen LogP contribution in [0, 0.1) is 0 Å². The first-order chi connectivity index (χ1) is 12.6. The molecule has 0 unspecified atom stereocenters. The van der Waals surface area contributed by atoms with Gasteiger partial charge in [-0.3, -0.25) is 9.48 Å². The highest BCUT2D eigenvalue weighted by atomic mass is 32.2. The first kappa shape index (κ1) is 16.8. The van der Waals surface area contributed by atoms with Gasteiger partial charge < -0.3 is 10.1 Å². The largest absolute Gasteiger partial charge is 0.456 e. The molecule has 26 heavy (non-hydrogen) atoms. The number of ether oxygens (including phenoxy) is 1. The summed E-state index contributed by atoms with van der Waals surface area (Å²) in [6.07, 6.45) is 3.63. The molecule has 0 fully saturated rings. The zero-order valence-corrected chi connectivity index (χ0v) is 15.4. The third kappa shape index (κ3) is 3.49. The monoisotopic (exact) mass is 386 g/mol. The maximum absolute atomic E-state index is 12.3. The fourth-order valence-corrected chi connectivity index (χ4v) is 4.04. The van der Waals surface area contributed by atoms with Crippen molar-refractivity contribution in [1.82, 2.24) is 14.8 Å². The molecular formula is C17H14N4O3S2. The molecule has 1 aliphatic rings. The molecule has 0 aliphatic carbocycles. The smallest absolute Gasteiger partial charge is 0.338 e. The minimum atomic E-state index is -0.450. The number of fused-ring (bicyclic) bond motifs is 1. The summed E-state index contributed by atoms with van der Waals surface area (Å²) in [6.45, 7) is 0.0911. The van der Waals surface area contributed by atoms with Gasteiger partial charge in [-0.2, -0.15) is 5.10 Å². The summed E-state index contributed by atoms with van der Waals surface area (Å²) >= 11 is 2.93. The van der Waals surface area contributed by atoms with Crippen LogP contribution in [-0.2, 0) is 23.2 Å². The van der Waals surface area contributed by atoms with Crippen LogP contribution in [0.25, 0.3) is 10.6 Å². The number of amides is 1. The van der Waals surface area contributed by atoms with Gasteiger partial charge in [-0.1, -0.05) is 0 Å². The van der Waals surface area contributed by atoms with Gasteiger partial charge in [0.2, 0.25) is 5.91 Å². The molecule has 1 N–H and O–H groups in total. The molecule has 1 aliphatic heterocycles. The van der Waals surface area contributed by atoms with E-state index in [4.69, 9.17) is 4.74 Å². The van der Waals surface area contributed by atoms with Crippen molar-refractivity contribution in [2.75, 3.05) is 11.1 Å². The number of thiazole rings is 1. The molecule has 1 aromatic carbocycles. The van der Waals surface area contributed by atoms with Crippen LogP contribution in [0.15, 0.2) is 40.9 Å². The number of aryl methyl sites for hydroxylation is 1. The molecular weight excluding hydrogens is 372 g/mol. The second kappa shape index (κ2) is 6.93. The van der Waals surface area contributed by atoms with Crippen LogP contribution < -0.4 is 5.32 Å². The van der Waals surface area contributed by atoms with Gasteiger partial charge in [0.05, 0.1) is 28.9 Å². The SMILES string of the molecule is Cn1cc(-c2nc(COC(=O)c3ccc4c(c3)NC(=O)CS4)cs2)cn1. The van der Waals surface area contributed by atoms with E-state index in [1.54, 1.807) is 23.0 Å². The minimum Gasteiger partial charge on any atom is -0.456 e. The summed E-state index contributed by atoms with van der Waals surface area (Å²) in [5.74, 6) is -0.133. The van der Waals surface area contributed by atoms with Crippen LogP contribution in [0.1, 0.15) is 16.1 Å². The number of nitrogens with zero attached hydrogens (tertiary/aromatic N) is 3. The van der Waals surface area contributed by atoms with Gasteiger partial charge >= 0.3 is 5.97 Å². The van der Waals surface area contributed by atoms with E-state index in [9.17, 15) is 9.59 Å². The zero-order valence-electron chi connectivity index (χ0n) is 13.8. The maximum atomic E-state index is 12.3. The minimum absolute atomic E-state index is 0.0709. The molecule has 7 nitrogen and oxygen atoms in total. The molecule has 3 aromatic rings. The lowest BCUT2D eigenvalue weighted by atomic mass is 10.2. The topological polar surface area (TPSA) is 86.1 Å². The summed E-state index contributed by atoms with van der Waals surface area (Å²) in [5.41, 5.74) is 2.66. The molecule has 0 spiro atoms. The average Bonchev–Trinajstić information content (AvgIpc) is 3.27. The Morgan fingerprint density at radius 1 is 1.42 bits per heavy atom. The lowest BCUT2D eigenvalue weighted by molar-refractivity contribution is -0.113. The van der Waals surface area contributed by atoms with Crippen molar-refractivity contribution >= 4 is 40.7 Å². The van der Waals surface area contributed by atoms with Crippen LogP contribution in [0.2, 0.25) is 0 Å². The van der Waals surface area contributed by atoms with Crippen molar-refractivity contribution in [3.8, 4) is 10.6 Å². The van der Waals surface area contributed by atoms with Gasteiger partial charge in [0, 0.05) is 29.1 Å². The number of carbonyl (C=O) groups excluding carboxylic acids is 2. The van der Waals surface area contributed by atoms with E-state index in [1.165, 1.54) is 23.1 Å². The zero-order chi connectivity index (χ0) is 18.1. The van der Waals surface area contributed by atoms with Crippen molar-refractivity contribution in [2.24, 2.45) is 7.05 Å². The quantitative estimate of drug-likeness (QED) is 0.694. The fourth-order valence-electron chi connectivity index (χ4n) is 2.47. The molecule has 9 heteroatoms. The van der Waals surface area contributed by atoms with E-state index in [2.05, 4.69) is 15.4 Å². The molecule has 2 aromatic heterocycles. The van der Waals surface area contributed by atoms with Crippen LogP contribution >= 0.6 is 23.1 Å². The van der Waals surface area contributed by atoms with Crippen LogP contribution in [0.5, 0.6) is 0 Å². The number of hydrogen-bond donors (Lipinski definition) is 1. The van der Waals surface area contributed by atoms with E-state index in [-0.39, 0.29) is 12.5 Å². The molecule has 0 radical (unpaired) electrons. The van der Waals surface area contributed by atoms with E-state index < -0.39 is 5.97 Å². The van der Waals surface area contributed by atoms with Gasteiger partial charge in [-0.25, -0.2) is 9.78 Å². The predicted octanol–water partition coefficient (Wildman–Crippen LogP) is 2.94. The number of nitrogens with one attached hydrogen (secondary N) is 1. The Labute approximate surface area is 157 Å². The highest BCUT2D eigenvalue weighted by Gasteiger charge is 2.18. The number of hydrogen-bond acceptors (Lipinski definition) is 7. The Hall–Kier alpha value is -2.65. The number of anilines is 1. The summed E-state index contributed by atoms with van der Waals surface area (Å²) in [7, 11) is 1.85. The Morgan fingerprint density at radius 3 is 3.12 bits per heavy atom. The normalized spacial score (nSPS) is 13.2. The number of thioether (sulfide) groups is 1. The van der Waals surface area contributed by atoms with Crippen molar-refractivity contribution in [2.45, 2.75) is 11.5 Å². The third-order valence-electron chi connectivity index (χ3n) is 3.70. The number of benzene rings is 1. The van der Waals surface area contributed by atoms with Gasteiger partial charge in [-0.15, -0.1) is 23.1 Å². The number of aromatic nitrogens is 3. The van der Waals surface area contributed by atoms with Crippen molar-refractivity contribution in [3.63, 3.8) is 0 Å². The molecule has 1 amide bonds. The molecule has 132 valence electrons. The van der Waals surface area contributed by atoms with E-state index in [0.717, 1.165) is 15.5 Å². The van der Waals surface area contributed by atoms with E-state index in [0.29, 0.717) is 22.7 Å². The van der Waals surface area contributed by atoms with Crippen molar-refractivity contribution < 1.29 is 14.3 Å². The first-order valence-corrected chi connectivity index (χ1v) is 9.62. The second-order valence-corrected chi connectivity index (χ2v) is 7.55. The number of carbonyl (C=O) groups is 2. The van der Waals surface area contributed by atoms with Crippen LogP contribution in [0.3, 0.4) is 0 Å². The van der Waals surface area contributed by atoms with Gasteiger partial charge in [0.15, 0.2) is 0 Å². The molecule has 0 saturated carbocycles. The fraction of sp³-hybridized carbons (Fsp3) is 0.176. The summed E-state index contributed by atoms with van der Waals surface area (Å²) < 4.78 is 7.06. The Balaban J connectivity index is 1.42. The molecule has 3 heterocycles. The van der Waals surface area contributed by atoms with Crippen LogP contribution in [-0.4, -0.2) is 32.4 Å². The lowest BCUT2D eigenvalue weighted by Gasteiger charge is -2.16. The summed E-state index contributed by atoms with van der Waals surface area (Å²) in [5, 5.41) is 9.58. The lowest BCUT2D eigenvalue weighted by Crippen LogP contribution is -2.19. The molecule has 0 atom stereocenters. The van der Waals surface area contributed by atoms with Crippen LogP contribution in [0.4, 0.5) is 5.69 Å². The Kier molecular flexibility index (Phi) is 4.48. The summed E-state index contributed by atoms with van der Waals surface area (Å²) in [4.78, 5) is 29.2. The first-order valence-electron chi connectivity index (χ1n) is 7.76. The standard InChI is InChI=1S/C17H14N4O3S2/c1-21-6-11(5-18-21)16-19-12(8-26-16)7-24-17(23)10-2-3-14-13(4-10)20-15(22)9-25-14/h2-6,8H,7,9H2,1H3,(H,20,22). The highest BCUT2D eigenvalue weighted by Crippen LogP contribution is 2.32. The van der Waals surface area contributed by atoms with Crippen molar-refractivity contribution in [3.05, 3.63) is 47.2 Å². The van der Waals surface area contributed by atoms with Gasteiger partial charge in [0.25, 0.3) is 0 Å². The maximum Gasteiger partial charge on any atom is 0.338 e. The molecule has 0 saturated heterocycles. The summed E-state index contributed by atoms with van der Waals surface area (Å²) in [6, 6.07) is 5.16. The van der Waals surface area contributed by atoms with E-state index in [1.807, 2.05) is 24.7 Å². The van der Waals surface area contributed by atoms with Crippen molar-refractivity contribution in [1.29, 1.82) is 0 Å². The predicted molar refractivity (Wildman–Crippen MR) is 99.2 cm³/mol. The number of rotatable bonds is 4. The van der Waals surface area contributed by atoms with Gasteiger partial charge in [0.1, 0.15) is 11.6 Å². The highest BCUT2D eigenvalue weighted by molar-refractivity contribution is 8.00. The third-order valence-corrected chi connectivity index (χ3v) is 5.72. The average molecular weight is 386 g/mol. The Morgan fingerprint density at radius 2 is 2.31 bits per heavy atom. The second-order valence-electron chi connectivity index (χ2n) is 5.67. The van der Waals surface area contributed by atoms with E-state index >= 15 is 0 Å².